The molecule has 0 saturated heterocycles. The van der Waals surface area contributed by atoms with Crippen molar-refractivity contribution in [3.63, 3.8) is 0 Å². The van der Waals surface area contributed by atoms with E-state index >= 15 is 0 Å². The van der Waals surface area contributed by atoms with E-state index in [4.69, 9.17) is 11.6 Å². The number of carboxylic acids is 1. The Morgan fingerprint density at radius 3 is 2.74 bits per heavy atom. The van der Waals surface area contributed by atoms with Gasteiger partial charge in [-0.05, 0) is 29.1 Å². The smallest absolute Gasteiger partial charge is 0.326 e. The molecule has 0 radical (unpaired) electrons. The standard InChI is InChI=1S/C15H16ClN3O3S/c1-19(2)13-10(4-3-6-17-13)14(20)18-11(15(21)22)8-9-5-7-23-12(9)16/h3-7,11H,8H2,1-2H3,(H,18,20)(H,21,22). The number of halogens is 1. The summed E-state index contributed by atoms with van der Waals surface area (Å²) in [7, 11) is 3.53. The first-order chi connectivity index (χ1) is 10.9. The second-order valence-electron chi connectivity index (χ2n) is 5.06. The van der Waals surface area contributed by atoms with Crippen LogP contribution in [0.4, 0.5) is 5.82 Å². The predicted octanol–water partition coefficient (Wildman–Crippen LogP) is 2.29. The molecule has 0 saturated carbocycles. The van der Waals surface area contributed by atoms with E-state index in [1.165, 1.54) is 11.3 Å². The maximum Gasteiger partial charge on any atom is 0.326 e. The van der Waals surface area contributed by atoms with Gasteiger partial charge in [-0.3, -0.25) is 4.79 Å². The number of rotatable bonds is 6. The maximum atomic E-state index is 12.4. The molecule has 0 spiro atoms. The zero-order valence-corrected chi connectivity index (χ0v) is 14.2. The van der Waals surface area contributed by atoms with Crippen molar-refractivity contribution in [3.8, 4) is 0 Å². The van der Waals surface area contributed by atoms with Crippen LogP contribution in [0, 0.1) is 0 Å². The Labute approximate surface area is 142 Å². The van der Waals surface area contributed by atoms with Crippen molar-refractivity contribution in [2.45, 2.75) is 12.5 Å². The van der Waals surface area contributed by atoms with Crippen LogP contribution in [0.3, 0.4) is 0 Å². The number of carboxylic acid groups (broad SMARTS) is 1. The molecule has 2 heterocycles. The number of carbonyl (C=O) groups is 2. The lowest BCUT2D eigenvalue weighted by atomic mass is 10.1. The number of aromatic nitrogens is 1. The number of nitrogens with one attached hydrogen (secondary N) is 1. The quantitative estimate of drug-likeness (QED) is 0.832. The zero-order valence-electron chi connectivity index (χ0n) is 12.6. The van der Waals surface area contributed by atoms with Crippen LogP contribution >= 0.6 is 22.9 Å². The molecule has 2 aromatic rings. The molecule has 0 aromatic carbocycles. The third kappa shape index (κ3) is 4.20. The minimum atomic E-state index is -1.11. The van der Waals surface area contributed by atoms with Gasteiger partial charge in [0.25, 0.3) is 5.91 Å². The molecule has 2 rings (SSSR count). The monoisotopic (exact) mass is 353 g/mol. The Balaban J connectivity index is 2.19. The molecule has 2 N–H and O–H groups in total. The molecule has 1 unspecified atom stereocenters. The third-order valence-electron chi connectivity index (χ3n) is 3.18. The van der Waals surface area contributed by atoms with E-state index in [1.54, 1.807) is 48.8 Å². The number of anilines is 1. The molecule has 0 aliphatic rings. The van der Waals surface area contributed by atoms with E-state index in [0.29, 0.717) is 21.3 Å². The van der Waals surface area contributed by atoms with Crippen LogP contribution in [0.1, 0.15) is 15.9 Å². The van der Waals surface area contributed by atoms with Crippen LogP contribution in [0.2, 0.25) is 4.34 Å². The van der Waals surface area contributed by atoms with Gasteiger partial charge in [-0.1, -0.05) is 11.6 Å². The van der Waals surface area contributed by atoms with Crippen molar-refractivity contribution in [1.82, 2.24) is 10.3 Å². The molecule has 122 valence electrons. The van der Waals surface area contributed by atoms with Gasteiger partial charge in [-0.15, -0.1) is 11.3 Å². The first-order valence-electron chi connectivity index (χ1n) is 6.78. The summed E-state index contributed by atoms with van der Waals surface area (Å²) in [6.07, 6.45) is 1.70. The Morgan fingerprint density at radius 2 is 2.17 bits per heavy atom. The van der Waals surface area contributed by atoms with E-state index in [2.05, 4.69) is 10.3 Å². The van der Waals surface area contributed by atoms with E-state index in [1.807, 2.05) is 0 Å². The minimum Gasteiger partial charge on any atom is -0.480 e. The summed E-state index contributed by atoms with van der Waals surface area (Å²) in [4.78, 5) is 29.7. The molecular weight excluding hydrogens is 338 g/mol. The lowest BCUT2D eigenvalue weighted by Gasteiger charge is -2.18. The number of thiophene rings is 1. The molecule has 6 nitrogen and oxygen atoms in total. The summed E-state index contributed by atoms with van der Waals surface area (Å²) in [6, 6.07) is 3.93. The van der Waals surface area contributed by atoms with Gasteiger partial charge in [-0.25, -0.2) is 9.78 Å². The van der Waals surface area contributed by atoms with Gasteiger partial charge < -0.3 is 15.3 Å². The van der Waals surface area contributed by atoms with Gasteiger partial charge in [-0.2, -0.15) is 0 Å². The summed E-state index contributed by atoms with van der Waals surface area (Å²) >= 11 is 7.33. The average Bonchev–Trinajstić information content (AvgIpc) is 2.91. The highest BCUT2D eigenvalue weighted by atomic mass is 35.5. The van der Waals surface area contributed by atoms with Gasteiger partial charge >= 0.3 is 5.97 Å². The average molecular weight is 354 g/mol. The molecule has 0 bridgehead atoms. The molecule has 1 amide bonds. The van der Waals surface area contributed by atoms with Gasteiger partial charge in [0.15, 0.2) is 0 Å². The van der Waals surface area contributed by atoms with Crippen molar-refractivity contribution >= 4 is 40.6 Å². The van der Waals surface area contributed by atoms with Crippen molar-refractivity contribution in [1.29, 1.82) is 0 Å². The molecule has 0 aliphatic heterocycles. The van der Waals surface area contributed by atoms with Crippen LogP contribution in [-0.4, -0.2) is 42.1 Å². The fourth-order valence-electron chi connectivity index (χ4n) is 2.05. The summed E-state index contributed by atoms with van der Waals surface area (Å²) in [5.41, 5.74) is 1.02. The highest BCUT2D eigenvalue weighted by Crippen LogP contribution is 2.24. The first-order valence-corrected chi connectivity index (χ1v) is 8.03. The summed E-state index contributed by atoms with van der Waals surface area (Å²) in [6.45, 7) is 0. The number of pyridine rings is 1. The Morgan fingerprint density at radius 1 is 1.43 bits per heavy atom. The van der Waals surface area contributed by atoms with Gasteiger partial charge in [0.1, 0.15) is 11.9 Å². The SMILES string of the molecule is CN(C)c1ncccc1C(=O)NC(Cc1ccsc1Cl)C(=O)O. The summed E-state index contributed by atoms with van der Waals surface area (Å²) in [5.74, 6) is -1.13. The van der Waals surface area contributed by atoms with E-state index in [9.17, 15) is 14.7 Å². The fraction of sp³-hybridized carbons (Fsp3) is 0.267. The number of hydrogen-bond acceptors (Lipinski definition) is 5. The highest BCUT2D eigenvalue weighted by molar-refractivity contribution is 7.14. The van der Waals surface area contributed by atoms with Gasteiger partial charge in [0.05, 0.1) is 9.90 Å². The predicted molar refractivity (Wildman–Crippen MR) is 90.5 cm³/mol. The van der Waals surface area contributed by atoms with E-state index in [-0.39, 0.29) is 6.42 Å². The molecule has 0 fully saturated rings. The van der Waals surface area contributed by atoms with Gasteiger partial charge in [0.2, 0.25) is 0 Å². The van der Waals surface area contributed by atoms with Crippen LogP contribution in [0.15, 0.2) is 29.8 Å². The van der Waals surface area contributed by atoms with E-state index < -0.39 is 17.9 Å². The second kappa shape index (κ2) is 7.43. The summed E-state index contributed by atoms with van der Waals surface area (Å²) in [5, 5.41) is 13.7. The lowest BCUT2D eigenvalue weighted by Crippen LogP contribution is -2.42. The molecule has 23 heavy (non-hydrogen) atoms. The first kappa shape index (κ1) is 17.2. The lowest BCUT2D eigenvalue weighted by molar-refractivity contribution is -0.139. The van der Waals surface area contributed by atoms with Gasteiger partial charge in [0, 0.05) is 26.7 Å². The topological polar surface area (TPSA) is 82.5 Å². The van der Waals surface area contributed by atoms with Crippen molar-refractivity contribution in [2.75, 3.05) is 19.0 Å². The number of nitrogens with zero attached hydrogens (tertiary/aromatic N) is 2. The Hall–Kier alpha value is -2.12. The van der Waals surface area contributed by atoms with Crippen LogP contribution in [-0.2, 0) is 11.2 Å². The Kier molecular flexibility index (Phi) is 5.57. The van der Waals surface area contributed by atoms with Crippen LogP contribution in [0.5, 0.6) is 0 Å². The maximum absolute atomic E-state index is 12.4. The van der Waals surface area contributed by atoms with E-state index in [0.717, 1.165) is 0 Å². The Bertz CT molecular complexity index is 717. The number of hydrogen-bond donors (Lipinski definition) is 2. The number of aliphatic carboxylic acids is 1. The molecule has 8 heteroatoms. The van der Waals surface area contributed by atoms with Crippen molar-refractivity contribution in [3.05, 3.63) is 45.2 Å². The second-order valence-corrected chi connectivity index (χ2v) is 6.58. The van der Waals surface area contributed by atoms with Crippen LogP contribution < -0.4 is 10.2 Å². The highest BCUT2D eigenvalue weighted by Gasteiger charge is 2.24. The fourth-order valence-corrected chi connectivity index (χ4v) is 3.00. The third-order valence-corrected chi connectivity index (χ3v) is 4.43. The van der Waals surface area contributed by atoms with Crippen molar-refractivity contribution < 1.29 is 14.7 Å². The largest absolute Gasteiger partial charge is 0.480 e. The zero-order chi connectivity index (χ0) is 17.0. The molecule has 2 aromatic heterocycles. The minimum absolute atomic E-state index is 0.126. The number of amides is 1. The normalized spacial score (nSPS) is 11.8. The van der Waals surface area contributed by atoms with Crippen LogP contribution in [0.25, 0.3) is 0 Å². The number of carbonyl (C=O) groups excluding carboxylic acids is 1. The molecule has 1 atom stereocenters. The molecular formula is C15H16ClN3O3S. The van der Waals surface area contributed by atoms with Crippen molar-refractivity contribution in [2.24, 2.45) is 0 Å². The molecule has 0 aliphatic carbocycles. The summed E-state index contributed by atoms with van der Waals surface area (Å²) < 4.78 is 0.529.